The standard InChI is InChI=1S/C12H13Br2NO4S2/c13-9-4-8(11(14)20-9)21(18,19)15-5-6-2-1-3-7(6)10(15)12(16)17/h4,6-7,10H,1-3,5H2,(H,16,17). The molecule has 3 rings (SSSR count). The van der Waals surface area contributed by atoms with Gasteiger partial charge in [0.25, 0.3) is 0 Å². The number of sulfonamides is 1. The molecule has 3 atom stereocenters. The molecule has 2 fully saturated rings. The Morgan fingerprint density at radius 3 is 2.67 bits per heavy atom. The van der Waals surface area contributed by atoms with Crippen LogP contribution in [0.4, 0.5) is 0 Å². The van der Waals surface area contributed by atoms with Gasteiger partial charge < -0.3 is 5.11 Å². The Labute approximate surface area is 143 Å². The van der Waals surface area contributed by atoms with Gasteiger partial charge in [-0.1, -0.05) is 6.42 Å². The average molecular weight is 459 g/mol. The van der Waals surface area contributed by atoms with Crippen molar-refractivity contribution >= 4 is 59.2 Å². The first-order valence-electron chi connectivity index (χ1n) is 6.52. The van der Waals surface area contributed by atoms with Crippen molar-refractivity contribution in [3.8, 4) is 0 Å². The quantitative estimate of drug-likeness (QED) is 0.754. The summed E-state index contributed by atoms with van der Waals surface area (Å²) in [5.74, 6) is -0.932. The SMILES string of the molecule is O=C(O)C1C2CCCC2CN1S(=O)(=O)c1cc(Br)sc1Br. The van der Waals surface area contributed by atoms with Gasteiger partial charge in [-0.3, -0.25) is 4.79 Å². The molecule has 1 saturated heterocycles. The predicted octanol–water partition coefficient (Wildman–Crippen LogP) is 3.15. The molecule has 1 aromatic rings. The molecule has 0 radical (unpaired) electrons. The van der Waals surface area contributed by atoms with E-state index in [0.717, 1.165) is 19.3 Å². The lowest BCUT2D eigenvalue weighted by Crippen LogP contribution is -2.43. The van der Waals surface area contributed by atoms with Gasteiger partial charge in [-0.05, 0) is 62.6 Å². The molecule has 2 heterocycles. The van der Waals surface area contributed by atoms with Crippen molar-refractivity contribution in [1.29, 1.82) is 0 Å². The largest absolute Gasteiger partial charge is 0.480 e. The molecule has 0 aromatic carbocycles. The minimum absolute atomic E-state index is 0.0573. The number of hydrogen-bond acceptors (Lipinski definition) is 4. The summed E-state index contributed by atoms with van der Waals surface area (Å²) in [6.45, 7) is 0.309. The van der Waals surface area contributed by atoms with Crippen LogP contribution >= 0.6 is 43.2 Å². The maximum absolute atomic E-state index is 12.8. The molecule has 5 nitrogen and oxygen atoms in total. The van der Waals surface area contributed by atoms with Crippen LogP contribution in [0, 0.1) is 11.8 Å². The lowest BCUT2D eigenvalue weighted by molar-refractivity contribution is -0.142. The lowest BCUT2D eigenvalue weighted by atomic mass is 9.94. The van der Waals surface area contributed by atoms with Gasteiger partial charge in [0.1, 0.15) is 10.9 Å². The van der Waals surface area contributed by atoms with Gasteiger partial charge >= 0.3 is 5.97 Å². The highest BCUT2D eigenvalue weighted by Crippen LogP contribution is 2.46. The second-order valence-electron chi connectivity index (χ2n) is 5.40. The summed E-state index contributed by atoms with van der Waals surface area (Å²) in [6, 6.07) is 0.588. The van der Waals surface area contributed by atoms with E-state index in [-0.39, 0.29) is 16.7 Å². The Kier molecular flexibility index (Phi) is 4.24. The number of thiophene rings is 1. The van der Waals surface area contributed by atoms with E-state index in [2.05, 4.69) is 31.9 Å². The second-order valence-corrected chi connectivity index (χ2v) is 11.0. The van der Waals surface area contributed by atoms with E-state index in [9.17, 15) is 18.3 Å². The Balaban J connectivity index is 2.02. The number of nitrogens with zero attached hydrogens (tertiary/aromatic N) is 1. The summed E-state index contributed by atoms with van der Waals surface area (Å²) in [5.41, 5.74) is 0. The molecular formula is C12H13Br2NO4S2. The lowest BCUT2D eigenvalue weighted by Gasteiger charge is -2.23. The molecule has 0 spiro atoms. The maximum Gasteiger partial charge on any atom is 0.322 e. The third-order valence-electron chi connectivity index (χ3n) is 4.31. The zero-order valence-electron chi connectivity index (χ0n) is 10.8. The van der Waals surface area contributed by atoms with E-state index >= 15 is 0 Å². The molecular weight excluding hydrogens is 446 g/mol. The summed E-state index contributed by atoms with van der Waals surface area (Å²) in [4.78, 5) is 11.7. The highest BCUT2D eigenvalue weighted by atomic mass is 79.9. The summed E-state index contributed by atoms with van der Waals surface area (Å²) in [7, 11) is -3.80. The monoisotopic (exact) mass is 457 g/mol. The molecule has 1 N–H and O–H groups in total. The van der Waals surface area contributed by atoms with Gasteiger partial charge in [-0.25, -0.2) is 8.42 Å². The van der Waals surface area contributed by atoms with Crippen LogP contribution in [0.5, 0.6) is 0 Å². The Morgan fingerprint density at radius 1 is 1.38 bits per heavy atom. The summed E-state index contributed by atoms with van der Waals surface area (Å²) in [5, 5.41) is 9.49. The van der Waals surface area contributed by atoms with Gasteiger partial charge in [0.05, 0.1) is 7.57 Å². The normalized spacial score (nSPS) is 29.7. The fourth-order valence-corrected chi connectivity index (χ4v) is 8.89. The molecule has 9 heteroatoms. The molecule has 0 amide bonds. The second kappa shape index (κ2) is 5.59. The number of hydrogen-bond donors (Lipinski definition) is 1. The zero-order chi connectivity index (χ0) is 15.4. The number of carboxylic acids is 1. The van der Waals surface area contributed by atoms with Crippen LogP contribution in [-0.4, -0.2) is 36.4 Å². The van der Waals surface area contributed by atoms with Crippen molar-refractivity contribution in [2.24, 2.45) is 11.8 Å². The molecule has 2 aliphatic rings. The van der Waals surface area contributed by atoms with Crippen molar-refractivity contribution in [3.05, 3.63) is 13.6 Å². The summed E-state index contributed by atoms with van der Waals surface area (Å²) < 4.78 is 28.0. The van der Waals surface area contributed by atoms with Crippen molar-refractivity contribution in [1.82, 2.24) is 4.31 Å². The van der Waals surface area contributed by atoms with Gasteiger partial charge in [0.15, 0.2) is 0 Å². The summed E-state index contributed by atoms with van der Waals surface area (Å²) in [6.07, 6.45) is 2.69. The van der Waals surface area contributed by atoms with Crippen LogP contribution in [0.3, 0.4) is 0 Å². The van der Waals surface area contributed by atoms with Crippen LogP contribution in [-0.2, 0) is 14.8 Å². The molecule has 1 aromatic heterocycles. The molecule has 3 unspecified atom stereocenters. The number of aliphatic carboxylic acids is 1. The van der Waals surface area contributed by atoms with Crippen molar-refractivity contribution in [2.75, 3.05) is 6.54 Å². The number of carboxylic acid groups (broad SMARTS) is 1. The fraction of sp³-hybridized carbons (Fsp3) is 0.583. The number of fused-ring (bicyclic) bond motifs is 1. The molecule has 1 saturated carbocycles. The van der Waals surface area contributed by atoms with Crippen LogP contribution in [0.2, 0.25) is 0 Å². The summed E-state index contributed by atoms with van der Waals surface area (Å²) >= 11 is 7.79. The Bertz CT molecular complexity index is 687. The van der Waals surface area contributed by atoms with Gasteiger partial charge in [0, 0.05) is 6.54 Å². The minimum atomic E-state index is -3.80. The van der Waals surface area contributed by atoms with E-state index in [1.54, 1.807) is 0 Å². The third-order valence-corrected chi connectivity index (χ3v) is 8.92. The molecule has 116 valence electrons. The molecule has 21 heavy (non-hydrogen) atoms. The van der Waals surface area contributed by atoms with Crippen LogP contribution < -0.4 is 0 Å². The first kappa shape index (κ1) is 15.9. The number of halogens is 2. The predicted molar refractivity (Wildman–Crippen MR) is 85.9 cm³/mol. The highest BCUT2D eigenvalue weighted by Gasteiger charge is 2.52. The highest BCUT2D eigenvalue weighted by molar-refractivity contribution is 9.12. The van der Waals surface area contributed by atoms with E-state index in [1.807, 2.05) is 0 Å². The zero-order valence-corrected chi connectivity index (χ0v) is 15.6. The average Bonchev–Trinajstić information content (AvgIpc) is 3.01. The Morgan fingerprint density at radius 2 is 2.10 bits per heavy atom. The van der Waals surface area contributed by atoms with Crippen molar-refractivity contribution in [2.45, 2.75) is 30.2 Å². The molecule has 1 aliphatic heterocycles. The molecule has 1 aliphatic carbocycles. The molecule has 0 bridgehead atoms. The van der Waals surface area contributed by atoms with Crippen molar-refractivity contribution < 1.29 is 18.3 Å². The first-order chi connectivity index (χ1) is 9.82. The smallest absolute Gasteiger partial charge is 0.322 e. The van der Waals surface area contributed by atoms with Crippen molar-refractivity contribution in [3.63, 3.8) is 0 Å². The minimum Gasteiger partial charge on any atom is -0.480 e. The van der Waals surface area contributed by atoms with E-state index < -0.39 is 22.0 Å². The van der Waals surface area contributed by atoms with Gasteiger partial charge in [-0.15, -0.1) is 11.3 Å². The first-order valence-corrected chi connectivity index (χ1v) is 10.4. The van der Waals surface area contributed by atoms with E-state index in [4.69, 9.17) is 0 Å². The number of carbonyl (C=O) groups is 1. The third kappa shape index (κ3) is 2.60. The number of rotatable bonds is 3. The van der Waals surface area contributed by atoms with Crippen LogP contribution in [0.15, 0.2) is 18.5 Å². The van der Waals surface area contributed by atoms with Crippen LogP contribution in [0.1, 0.15) is 19.3 Å². The maximum atomic E-state index is 12.8. The van der Waals surface area contributed by atoms with E-state index in [0.29, 0.717) is 14.1 Å². The fourth-order valence-electron chi connectivity index (χ4n) is 3.45. The Hall–Kier alpha value is 0.0400. The van der Waals surface area contributed by atoms with Gasteiger partial charge in [-0.2, -0.15) is 4.31 Å². The van der Waals surface area contributed by atoms with Crippen LogP contribution in [0.25, 0.3) is 0 Å². The topological polar surface area (TPSA) is 74.7 Å². The van der Waals surface area contributed by atoms with Gasteiger partial charge in [0.2, 0.25) is 10.0 Å². The van der Waals surface area contributed by atoms with E-state index in [1.165, 1.54) is 21.7 Å².